The molecule has 0 bridgehead atoms. The van der Waals surface area contributed by atoms with E-state index in [4.69, 9.17) is 16.3 Å². The molecule has 1 saturated carbocycles. The molecule has 0 radical (unpaired) electrons. The summed E-state index contributed by atoms with van der Waals surface area (Å²) in [5.41, 5.74) is -0.496. The van der Waals surface area contributed by atoms with Crippen molar-refractivity contribution in [1.29, 1.82) is 0 Å². The van der Waals surface area contributed by atoms with Gasteiger partial charge in [0.25, 0.3) is 0 Å². The van der Waals surface area contributed by atoms with Crippen molar-refractivity contribution in [3.05, 3.63) is 0 Å². The lowest BCUT2D eigenvalue weighted by Gasteiger charge is -2.36. The lowest BCUT2D eigenvalue weighted by molar-refractivity contribution is 0.00553. The molecule has 1 aliphatic carbocycles. The van der Waals surface area contributed by atoms with Crippen molar-refractivity contribution in [1.82, 2.24) is 10.2 Å². The number of hydrogen-bond acceptors (Lipinski definition) is 2. The Bertz CT molecular complexity index is 392. The molecule has 3 atom stereocenters. The first-order chi connectivity index (χ1) is 9.75. The summed E-state index contributed by atoms with van der Waals surface area (Å²) >= 11 is 5.69. The van der Waals surface area contributed by atoms with Gasteiger partial charge in [0.2, 0.25) is 0 Å². The van der Waals surface area contributed by atoms with E-state index in [0.29, 0.717) is 45.1 Å². The average molecular weight is 321 g/mol. The fraction of sp³-hybridized carbons (Fsp3) is 0.933. The molecule has 2 amide bonds. The van der Waals surface area contributed by atoms with Crippen LogP contribution in [0.5, 0.6) is 0 Å². The maximum Gasteiger partial charge on any atom is 0.317 e. The van der Waals surface area contributed by atoms with Crippen molar-refractivity contribution in [3.63, 3.8) is 0 Å². The fourth-order valence-corrected chi connectivity index (χ4v) is 3.32. The smallest absolute Gasteiger partial charge is 0.317 e. The van der Waals surface area contributed by atoms with Crippen LogP contribution in [0.2, 0.25) is 0 Å². The van der Waals surface area contributed by atoms with Gasteiger partial charge in [-0.05, 0) is 18.8 Å². The molecule has 1 N–H and O–H groups in total. The number of nitrogens with one attached hydrogen (secondary N) is 1. The van der Waals surface area contributed by atoms with Crippen molar-refractivity contribution in [2.45, 2.75) is 51.2 Å². The van der Waals surface area contributed by atoms with E-state index in [2.05, 4.69) is 19.2 Å². The van der Waals surface area contributed by atoms with Gasteiger partial charge in [-0.25, -0.2) is 9.18 Å². The van der Waals surface area contributed by atoms with Gasteiger partial charge in [0.05, 0.1) is 19.3 Å². The molecule has 0 spiro atoms. The predicted octanol–water partition coefficient (Wildman–Crippen LogP) is 3.15. The third-order valence-corrected chi connectivity index (χ3v) is 5.14. The number of halogens is 2. The van der Waals surface area contributed by atoms with Crippen molar-refractivity contribution >= 4 is 17.6 Å². The van der Waals surface area contributed by atoms with Gasteiger partial charge in [0.1, 0.15) is 0 Å². The van der Waals surface area contributed by atoms with Crippen LogP contribution in [0.15, 0.2) is 0 Å². The van der Waals surface area contributed by atoms with Gasteiger partial charge < -0.3 is 15.0 Å². The van der Waals surface area contributed by atoms with Gasteiger partial charge in [0.15, 0.2) is 5.13 Å². The van der Waals surface area contributed by atoms with E-state index >= 15 is 0 Å². The van der Waals surface area contributed by atoms with Crippen molar-refractivity contribution in [3.8, 4) is 0 Å². The van der Waals surface area contributed by atoms with Crippen LogP contribution in [-0.4, -0.2) is 48.4 Å². The molecule has 21 heavy (non-hydrogen) atoms. The molecule has 1 saturated heterocycles. The Morgan fingerprint density at radius 1 is 1.57 bits per heavy atom. The van der Waals surface area contributed by atoms with Crippen LogP contribution < -0.4 is 5.32 Å². The minimum atomic E-state index is -1.59. The third kappa shape index (κ3) is 4.01. The summed E-state index contributed by atoms with van der Waals surface area (Å²) in [6, 6.07) is 0.0517. The zero-order valence-electron chi connectivity index (χ0n) is 13.1. The first-order valence-corrected chi connectivity index (χ1v) is 8.13. The number of nitrogens with zero attached hydrogens (tertiary/aromatic N) is 1. The molecule has 2 rings (SSSR count). The quantitative estimate of drug-likeness (QED) is 0.791. The number of carbonyl (C=O) groups excluding carboxylic acids is 1. The molecule has 1 aliphatic heterocycles. The van der Waals surface area contributed by atoms with Crippen molar-refractivity contribution < 1.29 is 13.9 Å². The number of ether oxygens (including phenoxy) is 1. The van der Waals surface area contributed by atoms with Crippen LogP contribution in [0.4, 0.5) is 9.18 Å². The molecule has 122 valence electrons. The molecular formula is C15H26ClFN2O2. The Kier molecular flexibility index (Phi) is 5.03. The molecular weight excluding hydrogens is 295 g/mol. The minimum Gasteiger partial charge on any atom is -0.377 e. The van der Waals surface area contributed by atoms with Gasteiger partial charge in [-0.2, -0.15) is 0 Å². The SMILES string of the molecule is CC(C)C[C@H]1COCCN1C(=O)NCCC1(C)CC1(F)Cl. The monoisotopic (exact) mass is 320 g/mol. The molecule has 2 unspecified atom stereocenters. The Hall–Kier alpha value is -0.550. The average Bonchev–Trinajstić information content (AvgIpc) is 2.87. The first kappa shape index (κ1) is 16.8. The molecule has 1 heterocycles. The number of alkyl halides is 2. The topological polar surface area (TPSA) is 41.6 Å². The lowest BCUT2D eigenvalue weighted by Crippen LogP contribution is -2.53. The molecule has 6 heteroatoms. The second-order valence-corrected chi connectivity index (χ2v) is 7.57. The predicted molar refractivity (Wildman–Crippen MR) is 81.2 cm³/mol. The second-order valence-electron chi connectivity index (χ2n) is 6.98. The maximum absolute atomic E-state index is 13.6. The van der Waals surface area contributed by atoms with E-state index in [0.717, 1.165) is 6.42 Å². The molecule has 0 aromatic rings. The normalized spacial score (nSPS) is 35.9. The minimum absolute atomic E-state index is 0.0766. The highest BCUT2D eigenvalue weighted by atomic mass is 35.5. The summed E-state index contributed by atoms with van der Waals surface area (Å²) < 4.78 is 19.0. The second kappa shape index (κ2) is 6.29. The highest BCUT2D eigenvalue weighted by Crippen LogP contribution is 2.63. The molecule has 2 fully saturated rings. The van der Waals surface area contributed by atoms with Gasteiger partial charge in [-0.1, -0.05) is 32.4 Å². The zero-order chi connectivity index (χ0) is 15.7. The highest BCUT2D eigenvalue weighted by Gasteiger charge is 2.64. The Morgan fingerprint density at radius 2 is 2.24 bits per heavy atom. The van der Waals surface area contributed by atoms with E-state index in [-0.39, 0.29) is 12.1 Å². The van der Waals surface area contributed by atoms with Gasteiger partial charge >= 0.3 is 6.03 Å². The fourth-order valence-electron chi connectivity index (χ4n) is 2.93. The van der Waals surface area contributed by atoms with E-state index in [1.807, 2.05) is 11.8 Å². The van der Waals surface area contributed by atoms with Crippen LogP contribution in [0.1, 0.15) is 40.0 Å². The summed E-state index contributed by atoms with van der Waals surface area (Å²) in [4.78, 5) is 14.1. The van der Waals surface area contributed by atoms with Crippen molar-refractivity contribution in [2.75, 3.05) is 26.3 Å². The number of rotatable bonds is 5. The van der Waals surface area contributed by atoms with E-state index in [9.17, 15) is 9.18 Å². The van der Waals surface area contributed by atoms with Gasteiger partial charge in [-0.3, -0.25) is 0 Å². The highest BCUT2D eigenvalue weighted by molar-refractivity contribution is 6.25. The summed E-state index contributed by atoms with van der Waals surface area (Å²) in [6.07, 6.45) is 1.86. The van der Waals surface area contributed by atoms with Gasteiger partial charge in [-0.15, -0.1) is 0 Å². The number of carbonyl (C=O) groups is 1. The third-order valence-electron chi connectivity index (χ3n) is 4.56. The summed E-state index contributed by atoms with van der Waals surface area (Å²) in [7, 11) is 0. The Balaban J connectivity index is 1.78. The van der Waals surface area contributed by atoms with Crippen LogP contribution in [0, 0.1) is 11.3 Å². The molecule has 2 aliphatic rings. The number of urea groups is 1. The lowest BCUT2D eigenvalue weighted by atomic mass is 10.0. The molecule has 0 aromatic carbocycles. The van der Waals surface area contributed by atoms with Gasteiger partial charge in [0, 0.05) is 24.9 Å². The largest absolute Gasteiger partial charge is 0.377 e. The van der Waals surface area contributed by atoms with Crippen LogP contribution in [0.25, 0.3) is 0 Å². The standard InChI is InChI=1S/C15H26ClFN2O2/c1-11(2)8-12-9-21-7-6-19(12)13(20)18-5-4-14(3)10-15(14,16)17/h11-12H,4-10H2,1-3H3,(H,18,20)/t12-,14?,15?/m0/s1. The van der Waals surface area contributed by atoms with Crippen LogP contribution >= 0.6 is 11.6 Å². The Morgan fingerprint density at radius 3 is 2.81 bits per heavy atom. The molecule has 0 aromatic heterocycles. The van der Waals surface area contributed by atoms with E-state index < -0.39 is 10.5 Å². The summed E-state index contributed by atoms with van der Waals surface area (Å²) in [5, 5.41) is 1.31. The van der Waals surface area contributed by atoms with E-state index in [1.54, 1.807) is 0 Å². The van der Waals surface area contributed by atoms with E-state index in [1.165, 1.54) is 0 Å². The number of hydrogen-bond donors (Lipinski definition) is 1. The summed E-state index contributed by atoms with van der Waals surface area (Å²) in [5.74, 6) is 0.515. The van der Waals surface area contributed by atoms with Crippen LogP contribution in [-0.2, 0) is 4.74 Å². The zero-order valence-corrected chi connectivity index (χ0v) is 13.9. The number of amides is 2. The maximum atomic E-state index is 13.6. The summed E-state index contributed by atoms with van der Waals surface area (Å²) in [6.45, 7) is 8.35. The first-order valence-electron chi connectivity index (χ1n) is 7.75. The number of morpholine rings is 1. The Labute approximate surface area is 131 Å². The van der Waals surface area contributed by atoms with Crippen molar-refractivity contribution in [2.24, 2.45) is 11.3 Å². The molecule has 4 nitrogen and oxygen atoms in total. The van der Waals surface area contributed by atoms with Crippen LogP contribution in [0.3, 0.4) is 0 Å².